The topological polar surface area (TPSA) is 105 Å². The molecule has 0 aliphatic rings. The third kappa shape index (κ3) is 6.51. The minimum atomic E-state index is -1.15. The molecule has 0 radical (unpaired) electrons. The maximum absolute atomic E-state index is 11.6. The summed E-state index contributed by atoms with van der Waals surface area (Å²) in [6, 6.07) is -0.846. The van der Waals surface area contributed by atoms with Crippen LogP contribution in [0.3, 0.4) is 0 Å². The van der Waals surface area contributed by atoms with Gasteiger partial charge in [-0.1, -0.05) is 26.5 Å². The second-order valence-corrected chi connectivity index (χ2v) is 3.86. The lowest BCUT2D eigenvalue weighted by molar-refractivity contribution is -0.138. The first kappa shape index (κ1) is 16.0. The van der Waals surface area contributed by atoms with Gasteiger partial charge < -0.3 is 20.5 Å². The second-order valence-electron chi connectivity index (χ2n) is 3.86. The van der Waals surface area contributed by atoms with Crippen LogP contribution < -0.4 is 10.6 Å². The van der Waals surface area contributed by atoms with E-state index in [1.807, 2.05) is 0 Å². The summed E-state index contributed by atoms with van der Waals surface area (Å²) in [7, 11) is 0. The fourth-order valence-electron chi connectivity index (χ4n) is 1.11. The van der Waals surface area contributed by atoms with Crippen LogP contribution in [0.1, 0.15) is 13.8 Å². The van der Waals surface area contributed by atoms with E-state index < -0.39 is 30.6 Å². The molecule has 0 saturated heterocycles. The quantitative estimate of drug-likeness (QED) is 0.563. The summed E-state index contributed by atoms with van der Waals surface area (Å²) < 4.78 is 4.68. The Morgan fingerprint density at radius 3 is 2.44 bits per heavy atom. The van der Waals surface area contributed by atoms with E-state index in [0.29, 0.717) is 0 Å². The van der Waals surface area contributed by atoms with E-state index >= 15 is 0 Å². The zero-order valence-electron chi connectivity index (χ0n) is 10.4. The lowest BCUT2D eigenvalue weighted by Gasteiger charge is -2.20. The normalized spacial score (nSPS) is 11.5. The first-order chi connectivity index (χ1) is 8.38. The summed E-state index contributed by atoms with van der Waals surface area (Å²) in [5, 5.41) is 13.0. The highest BCUT2D eigenvalue weighted by Gasteiger charge is 2.24. The molecular weight excluding hydrogens is 240 g/mol. The number of rotatable bonds is 7. The van der Waals surface area contributed by atoms with Gasteiger partial charge in [-0.3, -0.25) is 9.59 Å². The zero-order chi connectivity index (χ0) is 14.1. The van der Waals surface area contributed by atoms with Gasteiger partial charge in [-0.2, -0.15) is 0 Å². The fraction of sp³-hybridized carbons (Fsp3) is 0.545. The Morgan fingerprint density at radius 1 is 1.39 bits per heavy atom. The summed E-state index contributed by atoms with van der Waals surface area (Å²) in [4.78, 5) is 33.2. The number of carboxylic acids is 1. The van der Waals surface area contributed by atoms with E-state index in [9.17, 15) is 14.4 Å². The summed E-state index contributed by atoms with van der Waals surface area (Å²) in [6.45, 7) is 6.36. The molecule has 0 saturated carbocycles. The predicted molar refractivity (Wildman–Crippen MR) is 64.0 cm³/mol. The molecule has 2 amide bonds. The van der Waals surface area contributed by atoms with Crippen LogP contribution in [-0.2, 0) is 14.3 Å². The molecule has 18 heavy (non-hydrogen) atoms. The van der Waals surface area contributed by atoms with Gasteiger partial charge in [0.2, 0.25) is 5.91 Å². The zero-order valence-corrected chi connectivity index (χ0v) is 10.4. The van der Waals surface area contributed by atoms with E-state index in [-0.39, 0.29) is 12.5 Å². The monoisotopic (exact) mass is 258 g/mol. The van der Waals surface area contributed by atoms with Crippen LogP contribution >= 0.6 is 0 Å². The van der Waals surface area contributed by atoms with Crippen molar-refractivity contribution in [1.29, 1.82) is 0 Å². The van der Waals surface area contributed by atoms with Gasteiger partial charge in [-0.15, -0.1) is 0 Å². The standard InChI is InChI=1S/C11H18N2O5/c1-4-5-18-11(17)13-9(7(2)3)10(16)12-6-8(14)15/h4,7,9H,1,5-6H2,2-3H3,(H,12,16)(H,13,17)(H,14,15)/t9-/m0/s1. The van der Waals surface area contributed by atoms with Crippen LogP contribution in [0.2, 0.25) is 0 Å². The molecule has 3 N–H and O–H groups in total. The van der Waals surface area contributed by atoms with Crippen LogP contribution in [0.15, 0.2) is 12.7 Å². The lowest BCUT2D eigenvalue weighted by Crippen LogP contribution is -2.50. The smallest absolute Gasteiger partial charge is 0.408 e. The molecule has 0 aromatic carbocycles. The fourth-order valence-corrected chi connectivity index (χ4v) is 1.11. The number of nitrogens with one attached hydrogen (secondary N) is 2. The number of hydrogen-bond donors (Lipinski definition) is 3. The molecule has 7 nitrogen and oxygen atoms in total. The molecule has 0 heterocycles. The first-order valence-corrected chi connectivity index (χ1v) is 5.42. The van der Waals surface area contributed by atoms with E-state index in [0.717, 1.165) is 0 Å². The highest BCUT2D eigenvalue weighted by Crippen LogP contribution is 2.02. The molecule has 0 rings (SSSR count). The number of carbonyl (C=O) groups excluding carboxylic acids is 2. The van der Waals surface area contributed by atoms with E-state index in [1.54, 1.807) is 13.8 Å². The van der Waals surface area contributed by atoms with Crippen LogP contribution in [0.5, 0.6) is 0 Å². The third-order valence-electron chi connectivity index (χ3n) is 1.97. The molecule has 102 valence electrons. The molecule has 0 spiro atoms. The molecule has 0 bridgehead atoms. The Morgan fingerprint density at radius 2 is 2.00 bits per heavy atom. The molecule has 7 heteroatoms. The van der Waals surface area contributed by atoms with Gasteiger partial charge in [-0.25, -0.2) is 4.79 Å². The minimum absolute atomic E-state index is 0.0351. The summed E-state index contributed by atoms with van der Waals surface area (Å²) in [5.41, 5.74) is 0. The average Bonchev–Trinajstić information content (AvgIpc) is 2.29. The SMILES string of the molecule is C=CCOC(=O)N[C@H](C(=O)NCC(=O)O)C(C)C. The van der Waals surface area contributed by atoms with Crippen LogP contribution in [0.4, 0.5) is 4.79 Å². The molecule has 0 unspecified atom stereocenters. The average molecular weight is 258 g/mol. The van der Waals surface area contributed by atoms with Gasteiger partial charge in [0.25, 0.3) is 0 Å². The lowest BCUT2D eigenvalue weighted by atomic mass is 10.0. The van der Waals surface area contributed by atoms with E-state index in [2.05, 4.69) is 21.9 Å². The Kier molecular flexibility index (Phi) is 7.18. The van der Waals surface area contributed by atoms with Crippen molar-refractivity contribution >= 4 is 18.0 Å². The minimum Gasteiger partial charge on any atom is -0.480 e. The molecule has 0 aliphatic heterocycles. The van der Waals surface area contributed by atoms with Gasteiger partial charge in [0.1, 0.15) is 19.2 Å². The van der Waals surface area contributed by atoms with Gasteiger partial charge in [0.15, 0.2) is 0 Å². The Hall–Kier alpha value is -2.05. The second kappa shape index (κ2) is 8.10. The van der Waals surface area contributed by atoms with Crippen molar-refractivity contribution in [3.63, 3.8) is 0 Å². The highest BCUT2D eigenvalue weighted by atomic mass is 16.5. The number of carbonyl (C=O) groups is 3. The van der Waals surface area contributed by atoms with Crippen molar-refractivity contribution in [2.75, 3.05) is 13.2 Å². The highest BCUT2D eigenvalue weighted by molar-refractivity contribution is 5.88. The number of hydrogen-bond acceptors (Lipinski definition) is 4. The van der Waals surface area contributed by atoms with Crippen molar-refractivity contribution in [2.45, 2.75) is 19.9 Å². The summed E-state index contributed by atoms with van der Waals surface area (Å²) >= 11 is 0. The van der Waals surface area contributed by atoms with Crippen molar-refractivity contribution in [3.05, 3.63) is 12.7 Å². The number of ether oxygens (including phenoxy) is 1. The van der Waals surface area contributed by atoms with Crippen LogP contribution in [0, 0.1) is 5.92 Å². The van der Waals surface area contributed by atoms with Crippen molar-refractivity contribution < 1.29 is 24.2 Å². The van der Waals surface area contributed by atoms with Gasteiger partial charge >= 0.3 is 12.1 Å². The van der Waals surface area contributed by atoms with E-state index in [4.69, 9.17) is 5.11 Å². The largest absolute Gasteiger partial charge is 0.480 e. The number of amides is 2. The van der Waals surface area contributed by atoms with Gasteiger partial charge in [-0.05, 0) is 5.92 Å². The van der Waals surface area contributed by atoms with Crippen LogP contribution in [-0.4, -0.2) is 42.3 Å². The predicted octanol–water partition coefficient (Wildman–Crippen LogP) is 0.124. The molecule has 0 fully saturated rings. The summed E-state index contributed by atoms with van der Waals surface area (Å²) in [6.07, 6.45) is 0.646. The molecule has 0 aromatic heterocycles. The molecule has 0 aliphatic carbocycles. The van der Waals surface area contributed by atoms with Gasteiger partial charge in [0.05, 0.1) is 0 Å². The Bertz CT molecular complexity index is 327. The molecule has 1 atom stereocenters. The number of carboxylic acid groups (broad SMARTS) is 1. The Labute approximate surface area is 105 Å². The van der Waals surface area contributed by atoms with Gasteiger partial charge in [0, 0.05) is 0 Å². The molecule has 0 aromatic rings. The summed E-state index contributed by atoms with van der Waals surface area (Å²) in [5.74, 6) is -1.92. The first-order valence-electron chi connectivity index (χ1n) is 5.42. The Balaban J connectivity index is 4.37. The van der Waals surface area contributed by atoms with Crippen molar-refractivity contribution in [1.82, 2.24) is 10.6 Å². The number of aliphatic carboxylic acids is 1. The third-order valence-corrected chi connectivity index (χ3v) is 1.97. The maximum Gasteiger partial charge on any atom is 0.408 e. The number of alkyl carbamates (subject to hydrolysis) is 1. The molecular formula is C11H18N2O5. The van der Waals surface area contributed by atoms with Crippen molar-refractivity contribution in [2.24, 2.45) is 5.92 Å². The maximum atomic E-state index is 11.6. The van der Waals surface area contributed by atoms with Crippen LogP contribution in [0.25, 0.3) is 0 Å². The van der Waals surface area contributed by atoms with E-state index in [1.165, 1.54) is 6.08 Å². The van der Waals surface area contributed by atoms with Crippen molar-refractivity contribution in [3.8, 4) is 0 Å².